The molecule has 0 aliphatic rings. The van der Waals surface area contributed by atoms with Crippen LogP contribution in [0.4, 0.5) is 13.2 Å². The lowest BCUT2D eigenvalue weighted by Crippen LogP contribution is -2.18. The predicted molar refractivity (Wildman–Crippen MR) is 59.9 cm³/mol. The van der Waals surface area contributed by atoms with Gasteiger partial charge in [-0.3, -0.25) is 0 Å². The summed E-state index contributed by atoms with van der Waals surface area (Å²) in [6.07, 6.45) is -4.83. The van der Waals surface area contributed by atoms with Gasteiger partial charge in [0.2, 0.25) is 0 Å². The van der Waals surface area contributed by atoms with Crippen LogP contribution in [0.5, 0.6) is 5.75 Å². The van der Waals surface area contributed by atoms with E-state index in [9.17, 15) is 18.0 Å². The number of ether oxygens (including phenoxy) is 2. The molecule has 0 heterocycles. The maximum Gasteiger partial charge on any atom is 0.573 e. The van der Waals surface area contributed by atoms with Crippen LogP contribution in [0.1, 0.15) is 10.4 Å². The summed E-state index contributed by atoms with van der Waals surface area (Å²) in [4.78, 5) is 11.3. The molecule has 0 saturated heterocycles. The maximum atomic E-state index is 12.1. The van der Waals surface area contributed by atoms with Gasteiger partial charge in [0.15, 0.2) is 0 Å². The number of halogens is 5. The molecule has 1 aromatic rings. The first kappa shape index (κ1) is 14.3. The minimum Gasteiger partial charge on any atom is -0.465 e. The monoisotopic (exact) mass is 376 g/mol. The fourth-order valence-corrected chi connectivity index (χ4v) is 2.24. The highest BCUT2D eigenvalue weighted by Crippen LogP contribution is 2.35. The van der Waals surface area contributed by atoms with Crippen molar-refractivity contribution < 1.29 is 27.4 Å². The molecule has 0 atom stereocenters. The Kier molecular flexibility index (Phi) is 4.42. The van der Waals surface area contributed by atoms with Crippen LogP contribution in [-0.4, -0.2) is 19.4 Å². The lowest BCUT2D eigenvalue weighted by molar-refractivity contribution is -0.274. The molecule has 94 valence electrons. The number of carbonyl (C=O) groups is 1. The number of alkyl halides is 3. The van der Waals surface area contributed by atoms with Crippen LogP contribution in [0, 0.1) is 0 Å². The van der Waals surface area contributed by atoms with E-state index in [1.807, 2.05) is 0 Å². The van der Waals surface area contributed by atoms with E-state index in [0.29, 0.717) is 4.47 Å². The summed E-state index contributed by atoms with van der Waals surface area (Å²) in [5.74, 6) is -1.28. The minimum absolute atomic E-state index is 0.0602. The SMILES string of the molecule is COC(=O)c1cc(OC(F)(F)F)c(Br)cc1Br. The Labute approximate surface area is 111 Å². The van der Waals surface area contributed by atoms with Crippen molar-refractivity contribution in [2.75, 3.05) is 7.11 Å². The van der Waals surface area contributed by atoms with E-state index in [0.717, 1.165) is 13.2 Å². The van der Waals surface area contributed by atoms with Crippen molar-refractivity contribution in [2.24, 2.45) is 0 Å². The van der Waals surface area contributed by atoms with Gasteiger partial charge in [0, 0.05) is 4.47 Å². The number of hydrogen-bond donors (Lipinski definition) is 0. The first-order valence-corrected chi connectivity index (χ1v) is 5.66. The van der Waals surface area contributed by atoms with Gasteiger partial charge in [-0.15, -0.1) is 13.2 Å². The lowest BCUT2D eigenvalue weighted by Gasteiger charge is -2.12. The Hall–Kier alpha value is -0.760. The number of methoxy groups -OCH3 is 1. The van der Waals surface area contributed by atoms with Crippen LogP contribution in [0.3, 0.4) is 0 Å². The first-order valence-electron chi connectivity index (χ1n) is 4.07. The third-order valence-corrected chi connectivity index (χ3v) is 2.93. The van der Waals surface area contributed by atoms with E-state index in [1.54, 1.807) is 0 Å². The molecule has 0 unspecified atom stereocenters. The molecule has 0 spiro atoms. The van der Waals surface area contributed by atoms with Crippen LogP contribution in [0.25, 0.3) is 0 Å². The zero-order valence-electron chi connectivity index (χ0n) is 8.27. The normalized spacial score (nSPS) is 11.2. The van der Waals surface area contributed by atoms with Gasteiger partial charge in [-0.1, -0.05) is 0 Å². The van der Waals surface area contributed by atoms with E-state index in [1.165, 1.54) is 6.07 Å². The molecule has 0 radical (unpaired) electrons. The molecule has 0 amide bonds. The van der Waals surface area contributed by atoms with Crippen molar-refractivity contribution in [3.05, 3.63) is 26.6 Å². The molecule has 17 heavy (non-hydrogen) atoms. The summed E-state index contributed by atoms with van der Waals surface area (Å²) in [6.45, 7) is 0. The summed E-state index contributed by atoms with van der Waals surface area (Å²) in [5.41, 5.74) is -0.0602. The Morgan fingerprint density at radius 1 is 1.24 bits per heavy atom. The highest BCUT2D eigenvalue weighted by atomic mass is 79.9. The molecule has 8 heteroatoms. The number of hydrogen-bond acceptors (Lipinski definition) is 3. The molecule has 3 nitrogen and oxygen atoms in total. The van der Waals surface area contributed by atoms with E-state index in [4.69, 9.17) is 0 Å². The Morgan fingerprint density at radius 3 is 2.29 bits per heavy atom. The molecule has 0 fully saturated rings. The average Bonchev–Trinajstić information content (AvgIpc) is 2.19. The van der Waals surface area contributed by atoms with Crippen LogP contribution in [0.15, 0.2) is 21.1 Å². The summed E-state index contributed by atoms with van der Waals surface area (Å²) < 4.78 is 44.7. The van der Waals surface area contributed by atoms with E-state index < -0.39 is 18.1 Å². The average molecular weight is 378 g/mol. The highest BCUT2D eigenvalue weighted by molar-refractivity contribution is 9.11. The zero-order chi connectivity index (χ0) is 13.2. The van der Waals surface area contributed by atoms with Crippen LogP contribution in [0.2, 0.25) is 0 Å². The largest absolute Gasteiger partial charge is 0.573 e. The first-order chi connectivity index (χ1) is 7.74. The second-order valence-electron chi connectivity index (χ2n) is 2.80. The summed E-state index contributed by atoms with van der Waals surface area (Å²) in [5, 5.41) is 0. The molecule has 1 rings (SSSR count). The molecule has 0 aromatic heterocycles. The number of esters is 1. The quantitative estimate of drug-likeness (QED) is 0.733. The van der Waals surface area contributed by atoms with Gasteiger partial charge >= 0.3 is 12.3 Å². The van der Waals surface area contributed by atoms with Gasteiger partial charge < -0.3 is 9.47 Å². The van der Waals surface area contributed by atoms with Gasteiger partial charge in [0.1, 0.15) is 5.75 Å². The Morgan fingerprint density at radius 2 is 1.82 bits per heavy atom. The van der Waals surface area contributed by atoms with Crippen molar-refractivity contribution in [1.29, 1.82) is 0 Å². The van der Waals surface area contributed by atoms with E-state index in [-0.39, 0.29) is 10.0 Å². The topological polar surface area (TPSA) is 35.5 Å². The van der Waals surface area contributed by atoms with Gasteiger partial charge in [-0.05, 0) is 44.0 Å². The molecule has 0 N–H and O–H groups in total. The molecule has 0 aliphatic carbocycles. The predicted octanol–water partition coefficient (Wildman–Crippen LogP) is 3.90. The summed E-state index contributed by atoms with van der Waals surface area (Å²) in [7, 11) is 1.13. The molecular formula is C9H5Br2F3O3. The van der Waals surface area contributed by atoms with Crippen LogP contribution >= 0.6 is 31.9 Å². The number of carbonyl (C=O) groups excluding carboxylic acids is 1. The van der Waals surface area contributed by atoms with Crippen molar-refractivity contribution in [3.8, 4) is 5.75 Å². The second-order valence-corrected chi connectivity index (χ2v) is 4.51. The number of rotatable bonds is 2. The Balaban J connectivity index is 3.19. The number of benzene rings is 1. The standard InChI is InChI=1S/C9H5Br2F3O3/c1-16-8(15)4-2-7(17-9(12,13)14)6(11)3-5(4)10/h2-3H,1H3. The fourth-order valence-electron chi connectivity index (χ4n) is 0.998. The van der Waals surface area contributed by atoms with Gasteiger partial charge in [0.05, 0.1) is 17.1 Å². The Bertz CT molecular complexity index is 446. The molecule has 0 saturated carbocycles. The molecule has 0 bridgehead atoms. The molecule has 1 aromatic carbocycles. The van der Waals surface area contributed by atoms with E-state index in [2.05, 4.69) is 41.3 Å². The van der Waals surface area contributed by atoms with Crippen molar-refractivity contribution in [2.45, 2.75) is 6.36 Å². The maximum absolute atomic E-state index is 12.1. The summed E-state index contributed by atoms with van der Waals surface area (Å²) >= 11 is 5.93. The second kappa shape index (κ2) is 5.26. The fraction of sp³-hybridized carbons (Fsp3) is 0.222. The zero-order valence-corrected chi connectivity index (χ0v) is 11.4. The van der Waals surface area contributed by atoms with Crippen molar-refractivity contribution >= 4 is 37.8 Å². The van der Waals surface area contributed by atoms with Crippen LogP contribution < -0.4 is 4.74 Å². The third-order valence-electron chi connectivity index (χ3n) is 1.65. The van der Waals surface area contributed by atoms with Gasteiger partial charge in [-0.25, -0.2) is 4.79 Å². The third kappa shape index (κ3) is 3.88. The lowest BCUT2D eigenvalue weighted by atomic mass is 10.2. The van der Waals surface area contributed by atoms with Crippen molar-refractivity contribution in [3.63, 3.8) is 0 Å². The molecule has 0 aliphatic heterocycles. The smallest absolute Gasteiger partial charge is 0.465 e. The molecular weight excluding hydrogens is 373 g/mol. The van der Waals surface area contributed by atoms with Crippen molar-refractivity contribution in [1.82, 2.24) is 0 Å². The van der Waals surface area contributed by atoms with Crippen LogP contribution in [-0.2, 0) is 4.74 Å². The highest BCUT2D eigenvalue weighted by Gasteiger charge is 2.32. The van der Waals surface area contributed by atoms with E-state index >= 15 is 0 Å². The van der Waals surface area contributed by atoms with Gasteiger partial charge in [-0.2, -0.15) is 0 Å². The summed E-state index contributed by atoms with van der Waals surface area (Å²) in [6, 6.07) is 2.21. The minimum atomic E-state index is -4.83. The van der Waals surface area contributed by atoms with Gasteiger partial charge in [0.25, 0.3) is 0 Å².